The van der Waals surface area contributed by atoms with E-state index in [4.69, 9.17) is 5.11 Å². The van der Waals surface area contributed by atoms with E-state index in [1.54, 1.807) is 12.1 Å². The lowest BCUT2D eigenvalue weighted by Crippen LogP contribution is -2.08. The van der Waals surface area contributed by atoms with E-state index in [-0.39, 0.29) is 11.7 Å². The van der Waals surface area contributed by atoms with E-state index in [9.17, 15) is 4.79 Å². The first-order chi connectivity index (χ1) is 6.66. The molecule has 74 valence electrons. The van der Waals surface area contributed by atoms with E-state index in [0.717, 1.165) is 6.26 Å². The monoisotopic (exact) mass is 190 g/mol. The maximum Gasteiger partial charge on any atom is 0.192 e. The van der Waals surface area contributed by atoms with Crippen LogP contribution in [0.5, 0.6) is 0 Å². The minimum atomic E-state index is -0.108. The molecular weight excluding hydrogens is 176 g/mol. The minimum absolute atomic E-state index is 0.0349. The Morgan fingerprint density at radius 2 is 1.86 bits per heavy atom. The number of carbonyl (C=O) groups is 1. The third-order valence-corrected chi connectivity index (χ3v) is 2.06. The molecular formula is C12H14O2. The normalized spacial score (nSPS) is 11.8. The summed E-state index contributed by atoms with van der Waals surface area (Å²) in [5.41, 5.74) is 1.05. The summed E-state index contributed by atoms with van der Waals surface area (Å²) in [6.07, 6.45) is 0.903. The molecule has 0 aromatic heterocycles. The topological polar surface area (TPSA) is 37.3 Å². The van der Waals surface area contributed by atoms with Crippen LogP contribution in [-0.4, -0.2) is 10.9 Å². The van der Waals surface area contributed by atoms with E-state index in [0.29, 0.717) is 11.1 Å². The van der Waals surface area contributed by atoms with Crippen LogP contribution in [0.2, 0.25) is 0 Å². The van der Waals surface area contributed by atoms with Gasteiger partial charge < -0.3 is 5.11 Å². The summed E-state index contributed by atoms with van der Waals surface area (Å²) in [6.45, 7) is 3.76. The van der Waals surface area contributed by atoms with Crippen molar-refractivity contribution in [1.29, 1.82) is 0 Å². The molecule has 0 radical (unpaired) electrons. The second kappa shape index (κ2) is 4.61. The zero-order valence-corrected chi connectivity index (χ0v) is 8.40. The first-order valence-electron chi connectivity index (χ1n) is 4.61. The van der Waals surface area contributed by atoms with Gasteiger partial charge in [-0.2, -0.15) is 0 Å². The van der Waals surface area contributed by atoms with Crippen LogP contribution >= 0.6 is 0 Å². The standard InChI is InChI=1S/C12H14O2/c1-9(2)11(8-13)12(14)10-6-4-3-5-7-10/h3-9,13H,1-2H3/b11-8-. The molecule has 0 aliphatic carbocycles. The molecule has 0 aliphatic rings. The number of Topliss-reactive ketones (excluding diaryl/α,β-unsaturated/α-hetero) is 1. The van der Waals surface area contributed by atoms with Crippen LogP contribution in [0.4, 0.5) is 0 Å². The SMILES string of the molecule is CC(C)/C(=C/O)C(=O)c1ccccc1. The lowest BCUT2D eigenvalue weighted by molar-refractivity contribution is 0.102. The molecule has 14 heavy (non-hydrogen) atoms. The van der Waals surface area contributed by atoms with Crippen LogP contribution in [0.1, 0.15) is 24.2 Å². The first kappa shape index (κ1) is 10.5. The molecule has 1 rings (SSSR count). The fourth-order valence-electron chi connectivity index (χ4n) is 1.23. The summed E-state index contributed by atoms with van der Waals surface area (Å²) < 4.78 is 0. The van der Waals surface area contributed by atoms with Crippen molar-refractivity contribution in [2.24, 2.45) is 5.92 Å². The van der Waals surface area contributed by atoms with Gasteiger partial charge in [0.1, 0.15) is 0 Å². The minimum Gasteiger partial charge on any atom is -0.515 e. The van der Waals surface area contributed by atoms with Crippen molar-refractivity contribution < 1.29 is 9.90 Å². The van der Waals surface area contributed by atoms with E-state index in [1.807, 2.05) is 32.0 Å². The van der Waals surface area contributed by atoms with E-state index >= 15 is 0 Å². The lowest BCUT2D eigenvalue weighted by atomic mass is 9.96. The molecule has 0 amide bonds. The summed E-state index contributed by atoms with van der Waals surface area (Å²) in [5, 5.41) is 8.95. The third-order valence-electron chi connectivity index (χ3n) is 2.06. The van der Waals surface area contributed by atoms with Crippen molar-refractivity contribution in [3.05, 3.63) is 47.7 Å². The van der Waals surface area contributed by atoms with Gasteiger partial charge in [0.05, 0.1) is 6.26 Å². The molecule has 0 aliphatic heterocycles. The second-order valence-corrected chi connectivity index (χ2v) is 3.43. The Kier molecular flexibility index (Phi) is 3.46. The lowest BCUT2D eigenvalue weighted by Gasteiger charge is -2.08. The van der Waals surface area contributed by atoms with Gasteiger partial charge in [-0.05, 0) is 5.92 Å². The van der Waals surface area contributed by atoms with Crippen LogP contribution in [0.3, 0.4) is 0 Å². The number of rotatable bonds is 3. The fraction of sp³-hybridized carbons (Fsp3) is 0.250. The second-order valence-electron chi connectivity index (χ2n) is 3.43. The predicted molar refractivity (Wildman–Crippen MR) is 56.3 cm³/mol. The number of allylic oxidation sites excluding steroid dienone is 1. The molecule has 0 saturated carbocycles. The molecule has 1 aromatic rings. The zero-order chi connectivity index (χ0) is 10.6. The van der Waals surface area contributed by atoms with Crippen molar-refractivity contribution in [3.63, 3.8) is 0 Å². The van der Waals surface area contributed by atoms with Crippen molar-refractivity contribution in [2.45, 2.75) is 13.8 Å². The number of hydrogen-bond donors (Lipinski definition) is 1. The first-order valence-corrected chi connectivity index (χ1v) is 4.61. The number of carbonyl (C=O) groups excluding carboxylic acids is 1. The van der Waals surface area contributed by atoms with Gasteiger partial charge in [0.2, 0.25) is 0 Å². The number of hydrogen-bond acceptors (Lipinski definition) is 2. The van der Waals surface area contributed by atoms with Gasteiger partial charge in [-0.25, -0.2) is 0 Å². The van der Waals surface area contributed by atoms with Crippen molar-refractivity contribution >= 4 is 5.78 Å². The number of ketones is 1. The summed E-state index contributed by atoms with van der Waals surface area (Å²) in [4.78, 5) is 11.8. The Hall–Kier alpha value is -1.57. The van der Waals surface area contributed by atoms with Crippen LogP contribution < -0.4 is 0 Å². The maximum atomic E-state index is 11.8. The van der Waals surface area contributed by atoms with Crippen LogP contribution in [0, 0.1) is 5.92 Å². The van der Waals surface area contributed by atoms with Crippen LogP contribution in [0.25, 0.3) is 0 Å². The van der Waals surface area contributed by atoms with Gasteiger partial charge in [-0.3, -0.25) is 4.79 Å². The molecule has 0 bridgehead atoms. The molecule has 0 saturated heterocycles. The van der Waals surface area contributed by atoms with Crippen molar-refractivity contribution in [3.8, 4) is 0 Å². The summed E-state index contributed by atoms with van der Waals surface area (Å²) in [6, 6.07) is 8.96. The van der Waals surface area contributed by atoms with E-state index in [2.05, 4.69) is 0 Å². The Morgan fingerprint density at radius 3 is 2.29 bits per heavy atom. The largest absolute Gasteiger partial charge is 0.515 e. The summed E-state index contributed by atoms with van der Waals surface area (Å²) in [7, 11) is 0. The Bertz CT molecular complexity index is 337. The fourth-order valence-corrected chi connectivity index (χ4v) is 1.23. The van der Waals surface area contributed by atoms with Gasteiger partial charge in [-0.1, -0.05) is 44.2 Å². The van der Waals surface area contributed by atoms with Crippen LogP contribution in [0.15, 0.2) is 42.2 Å². The van der Waals surface area contributed by atoms with Gasteiger partial charge in [0, 0.05) is 11.1 Å². The highest BCUT2D eigenvalue weighted by Crippen LogP contribution is 2.15. The van der Waals surface area contributed by atoms with E-state index < -0.39 is 0 Å². The maximum absolute atomic E-state index is 11.8. The molecule has 0 heterocycles. The summed E-state index contributed by atoms with van der Waals surface area (Å²) in [5.74, 6) is -0.0733. The molecule has 1 aromatic carbocycles. The molecule has 0 spiro atoms. The zero-order valence-electron chi connectivity index (χ0n) is 8.40. The number of aliphatic hydroxyl groups excluding tert-OH is 1. The number of benzene rings is 1. The predicted octanol–water partition coefficient (Wildman–Crippen LogP) is 2.97. The molecule has 2 nitrogen and oxygen atoms in total. The molecule has 0 fully saturated rings. The van der Waals surface area contributed by atoms with Crippen molar-refractivity contribution in [1.82, 2.24) is 0 Å². The molecule has 1 N–H and O–H groups in total. The summed E-state index contributed by atoms with van der Waals surface area (Å²) >= 11 is 0. The highest BCUT2D eigenvalue weighted by Gasteiger charge is 2.14. The Labute approximate surface area is 83.9 Å². The highest BCUT2D eigenvalue weighted by atomic mass is 16.2. The number of aliphatic hydroxyl groups is 1. The molecule has 0 unspecified atom stereocenters. The quantitative estimate of drug-likeness (QED) is 0.452. The average Bonchev–Trinajstić information content (AvgIpc) is 2.19. The third kappa shape index (κ3) is 2.22. The van der Waals surface area contributed by atoms with Gasteiger partial charge in [0.15, 0.2) is 5.78 Å². The molecule has 0 atom stereocenters. The average molecular weight is 190 g/mol. The van der Waals surface area contributed by atoms with Gasteiger partial charge in [-0.15, -0.1) is 0 Å². The Morgan fingerprint density at radius 1 is 1.29 bits per heavy atom. The smallest absolute Gasteiger partial charge is 0.192 e. The van der Waals surface area contributed by atoms with Crippen LogP contribution in [-0.2, 0) is 0 Å². The van der Waals surface area contributed by atoms with Crippen molar-refractivity contribution in [2.75, 3.05) is 0 Å². The van der Waals surface area contributed by atoms with E-state index in [1.165, 1.54) is 0 Å². The Balaban J connectivity index is 2.96. The highest BCUT2D eigenvalue weighted by molar-refractivity contribution is 6.08. The molecule has 2 heteroatoms. The van der Waals surface area contributed by atoms with Gasteiger partial charge in [0.25, 0.3) is 0 Å². The van der Waals surface area contributed by atoms with Gasteiger partial charge >= 0.3 is 0 Å².